The number of aryl methyl sites for hydroxylation is 1. The minimum absolute atomic E-state index is 0.170. The highest BCUT2D eigenvalue weighted by molar-refractivity contribution is 5.84. The van der Waals surface area contributed by atoms with E-state index in [1.165, 1.54) is 11.3 Å². The molecule has 1 heterocycles. The normalized spacial score (nSPS) is 15.9. The summed E-state index contributed by atoms with van der Waals surface area (Å²) in [6.45, 7) is 7.30. The highest BCUT2D eigenvalue weighted by atomic mass is 16.2. The number of anilines is 2. The van der Waals surface area contributed by atoms with Gasteiger partial charge in [0, 0.05) is 37.6 Å². The predicted molar refractivity (Wildman–Crippen MR) is 99.5 cm³/mol. The second kappa shape index (κ2) is 7.39. The topological polar surface area (TPSA) is 35.6 Å². The summed E-state index contributed by atoms with van der Waals surface area (Å²) >= 11 is 0. The maximum absolute atomic E-state index is 12.7. The molecule has 0 unspecified atom stereocenters. The summed E-state index contributed by atoms with van der Waals surface area (Å²) in [5.74, 6) is 0.170. The third kappa shape index (κ3) is 3.88. The summed E-state index contributed by atoms with van der Waals surface area (Å²) in [6.07, 6.45) is 0. The summed E-state index contributed by atoms with van der Waals surface area (Å²) in [5.41, 5.74) is 3.44. The fourth-order valence-corrected chi connectivity index (χ4v) is 3.06. The zero-order valence-corrected chi connectivity index (χ0v) is 14.4. The Bertz CT molecular complexity index is 661. The fraction of sp³-hybridized carbons (Fsp3) is 0.350. The molecule has 0 aliphatic carbocycles. The van der Waals surface area contributed by atoms with Gasteiger partial charge >= 0.3 is 0 Å². The number of carbonyl (C=O) groups is 1. The van der Waals surface area contributed by atoms with Crippen molar-refractivity contribution in [1.82, 2.24) is 4.90 Å². The van der Waals surface area contributed by atoms with E-state index in [1.807, 2.05) is 30.0 Å². The first-order valence-electron chi connectivity index (χ1n) is 8.55. The van der Waals surface area contributed by atoms with Crippen molar-refractivity contribution < 1.29 is 4.79 Å². The van der Waals surface area contributed by atoms with Crippen LogP contribution in [0.2, 0.25) is 0 Å². The molecule has 0 aromatic heterocycles. The predicted octanol–water partition coefficient (Wildman–Crippen LogP) is 3.14. The number of para-hydroxylation sites is 1. The SMILES string of the molecule is Cc1ccc(N[C@@H](C)C(=O)N2CCN(c3ccccc3)CC2)cc1. The van der Waals surface area contributed by atoms with Gasteiger partial charge in [0.1, 0.15) is 6.04 Å². The maximum Gasteiger partial charge on any atom is 0.244 e. The van der Waals surface area contributed by atoms with E-state index >= 15 is 0 Å². The number of amides is 1. The molecule has 1 fully saturated rings. The van der Waals surface area contributed by atoms with E-state index in [9.17, 15) is 4.79 Å². The highest BCUT2D eigenvalue weighted by Gasteiger charge is 2.24. The summed E-state index contributed by atoms with van der Waals surface area (Å²) in [4.78, 5) is 17.0. The Morgan fingerprint density at radius 2 is 1.58 bits per heavy atom. The van der Waals surface area contributed by atoms with Crippen LogP contribution in [0, 0.1) is 6.92 Å². The molecule has 3 rings (SSSR count). The van der Waals surface area contributed by atoms with E-state index in [-0.39, 0.29) is 11.9 Å². The number of nitrogens with one attached hydrogen (secondary N) is 1. The van der Waals surface area contributed by atoms with E-state index in [0.717, 1.165) is 31.9 Å². The Hall–Kier alpha value is -2.49. The van der Waals surface area contributed by atoms with Gasteiger partial charge in [-0.2, -0.15) is 0 Å². The van der Waals surface area contributed by atoms with Crippen LogP contribution in [-0.2, 0) is 4.79 Å². The molecule has 1 aliphatic heterocycles. The average Bonchev–Trinajstić information content (AvgIpc) is 2.64. The number of piperazine rings is 1. The quantitative estimate of drug-likeness (QED) is 0.939. The number of nitrogens with zero attached hydrogens (tertiary/aromatic N) is 2. The lowest BCUT2D eigenvalue weighted by molar-refractivity contribution is -0.131. The first-order valence-corrected chi connectivity index (χ1v) is 8.55. The van der Waals surface area contributed by atoms with Crippen LogP contribution in [0.5, 0.6) is 0 Å². The molecule has 0 bridgehead atoms. The number of hydrogen-bond donors (Lipinski definition) is 1. The van der Waals surface area contributed by atoms with Crippen molar-refractivity contribution in [3.05, 3.63) is 60.2 Å². The molecule has 2 aromatic rings. The zero-order valence-electron chi connectivity index (χ0n) is 14.4. The van der Waals surface area contributed by atoms with Crippen molar-refractivity contribution >= 4 is 17.3 Å². The summed E-state index contributed by atoms with van der Waals surface area (Å²) < 4.78 is 0. The monoisotopic (exact) mass is 323 g/mol. The lowest BCUT2D eigenvalue weighted by Gasteiger charge is -2.37. The van der Waals surface area contributed by atoms with Crippen molar-refractivity contribution in [2.45, 2.75) is 19.9 Å². The van der Waals surface area contributed by atoms with E-state index in [4.69, 9.17) is 0 Å². The fourth-order valence-electron chi connectivity index (χ4n) is 3.06. The molecule has 1 saturated heterocycles. The van der Waals surface area contributed by atoms with Crippen molar-refractivity contribution in [2.24, 2.45) is 0 Å². The van der Waals surface area contributed by atoms with Gasteiger partial charge in [0.15, 0.2) is 0 Å². The minimum atomic E-state index is -0.212. The smallest absolute Gasteiger partial charge is 0.244 e. The largest absolute Gasteiger partial charge is 0.374 e. The Kier molecular flexibility index (Phi) is 5.04. The maximum atomic E-state index is 12.7. The summed E-state index contributed by atoms with van der Waals surface area (Å²) in [5, 5.41) is 3.30. The van der Waals surface area contributed by atoms with Gasteiger partial charge in [-0.1, -0.05) is 35.9 Å². The molecular formula is C20H25N3O. The molecule has 1 amide bonds. The zero-order chi connectivity index (χ0) is 16.9. The first kappa shape index (κ1) is 16.4. The average molecular weight is 323 g/mol. The van der Waals surface area contributed by atoms with E-state index in [2.05, 4.69) is 53.5 Å². The molecule has 0 saturated carbocycles. The van der Waals surface area contributed by atoms with Crippen molar-refractivity contribution in [2.75, 3.05) is 36.4 Å². The van der Waals surface area contributed by atoms with Crippen molar-refractivity contribution in [3.63, 3.8) is 0 Å². The number of hydrogen-bond acceptors (Lipinski definition) is 3. The lowest BCUT2D eigenvalue weighted by atomic mass is 10.2. The molecule has 24 heavy (non-hydrogen) atoms. The van der Waals surface area contributed by atoms with Gasteiger partial charge in [-0.3, -0.25) is 4.79 Å². The van der Waals surface area contributed by atoms with Gasteiger partial charge in [0.05, 0.1) is 0 Å². The van der Waals surface area contributed by atoms with Gasteiger partial charge < -0.3 is 15.1 Å². The molecule has 1 atom stereocenters. The van der Waals surface area contributed by atoms with Crippen LogP contribution in [0.15, 0.2) is 54.6 Å². The standard InChI is InChI=1S/C20H25N3O/c1-16-8-10-18(11-9-16)21-17(2)20(24)23-14-12-22(13-15-23)19-6-4-3-5-7-19/h3-11,17,21H,12-15H2,1-2H3/t17-/m0/s1. The van der Waals surface area contributed by atoms with Gasteiger partial charge in [-0.25, -0.2) is 0 Å². The second-order valence-electron chi connectivity index (χ2n) is 6.38. The molecule has 0 radical (unpaired) electrons. The van der Waals surface area contributed by atoms with Crippen LogP contribution in [0.25, 0.3) is 0 Å². The van der Waals surface area contributed by atoms with Gasteiger partial charge in [-0.15, -0.1) is 0 Å². The molecule has 4 nitrogen and oxygen atoms in total. The summed E-state index contributed by atoms with van der Waals surface area (Å²) in [6, 6.07) is 18.3. The van der Waals surface area contributed by atoms with Gasteiger partial charge in [0.2, 0.25) is 5.91 Å². The van der Waals surface area contributed by atoms with Gasteiger partial charge in [0.25, 0.3) is 0 Å². The molecular weight excluding hydrogens is 298 g/mol. The minimum Gasteiger partial charge on any atom is -0.374 e. The third-order valence-electron chi connectivity index (χ3n) is 4.52. The van der Waals surface area contributed by atoms with Crippen LogP contribution >= 0.6 is 0 Å². The van der Waals surface area contributed by atoms with Crippen LogP contribution < -0.4 is 10.2 Å². The Labute approximate surface area is 144 Å². The molecule has 4 heteroatoms. The number of carbonyl (C=O) groups excluding carboxylic acids is 1. The molecule has 2 aromatic carbocycles. The molecule has 126 valence electrons. The Morgan fingerprint density at radius 3 is 2.21 bits per heavy atom. The molecule has 1 N–H and O–H groups in total. The number of benzene rings is 2. The van der Waals surface area contributed by atoms with Gasteiger partial charge in [-0.05, 0) is 38.1 Å². The van der Waals surface area contributed by atoms with E-state index in [0.29, 0.717) is 0 Å². The molecule has 1 aliphatic rings. The van der Waals surface area contributed by atoms with Crippen molar-refractivity contribution in [1.29, 1.82) is 0 Å². The van der Waals surface area contributed by atoms with E-state index in [1.54, 1.807) is 0 Å². The highest BCUT2D eigenvalue weighted by Crippen LogP contribution is 2.17. The lowest BCUT2D eigenvalue weighted by Crippen LogP contribution is -2.52. The van der Waals surface area contributed by atoms with Crippen LogP contribution in [0.4, 0.5) is 11.4 Å². The number of rotatable bonds is 4. The second-order valence-corrected chi connectivity index (χ2v) is 6.38. The van der Waals surface area contributed by atoms with Crippen LogP contribution in [0.1, 0.15) is 12.5 Å². The first-order chi connectivity index (χ1) is 11.6. The summed E-state index contributed by atoms with van der Waals surface area (Å²) in [7, 11) is 0. The Balaban J connectivity index is 1.53. The van der Waals surface area contributed by atoms with Crippen molar-refractivity contribution in [3.8, 4) is 0 Å². The van der Waals surface area contributed by atoms with Crippen LogP contribution in [0.3, 0.4) is 0 Å². The Morgan fingerprint density at radius 1 is 0.958 bits per heavy atom. The third-order valence-corrected chi connectivity index (χ3v) is 4.52. The molecule has 0 spiro atoms. The van der Waals surface area contributed by atoms with E-state index < -0.39 is 0 Å². The van der Waals surface area contributed by atoms with Crippen LogP contribution in [-0.4, -0.2) is 43.0 Å².